The molecule has 0 aliphatic heterocycles. The van der Waals surface area contributed by atoms with Crippen molar-refractivity contribution in [3.63, 3.8) is 0 Å². The van der Waals surface area contributed by atoms with E-state index in [9.17, 15) is 0 Å². The van der Waals surface area contributed by atoms with Gasteiger partial charge in [-0.05, 0) is 19.4 Å². The molecule has 0 bridgehead atoms. The van der Waals surface area contributed by atoms with Gasteiger partial charge in [0.2, 0.25) is 0 Å². The average Bonchev–Trinajstić information content (AvgIpc) is 3.12. The number of benzene rings is 1. The highest BCUT2D eigenvalue weighted by atomic mass is 32.2. The maximum absolute atomic E-state index is 5.23. The van der Waals surface area contributed by atoms with E-state index in [1.54, 1.807) is 11.8 Å². The van der Waals surface area contributed by atoms with Crippen LogP contribution >= 0.6 is 11.8 Å². The van der Waals surface area contributed by atoms with Gasteiger partial charge in [-0.1, -0.05) is 47.3 Å². The van der Waals surface area contributed by atoms with Gasteiger partial charge in [0, 0.05) is 19.0 Å². The molecule has 22 heavy (non-hydrogen) atoms. The molecular formula is C16H18N4OS. The van der Waals surface area contributed by atoms with Crippen molar-refractivity contribution in [2.75, 3.05) is 0 Å². The Morgan fingerprint density at radius 1 is 1.18 bits per heavy atom. The first-order chi connectivity index (χ1) is 10.8. The molecule has 0 saturated heterocycles. The summed E-state index contributed by atoms with van der Waals surface area (Å²) in [4.78, 5) is 0. The zero-order chi connectivity index (χ0) is 15.4. The Morgan fingerprint density at radius 3 is 2.68 bits per heavy atom. The maximum atomic E-state index is 5.23. The Hall–Kier alpha value is -2.08. The molecule has 3 aromatic rings. The van der Waals surface area contributed by atoms with Crippen LogP contribution in [0.2, 0.25) is 0 Å². The lowest BCUT2D eigenvalue weighted by atomic mass is 10.1. The van der Waals surface area contributed by atoms with E-state index in [2.05, 4.69) is 39.0 Å². The molecule has 6 heteroatoms. The Labute approximate surface area is 133 Å². The van der Waals surface area contributed by atoms with Crippen molar-refractivity contribution in [3.05, 3.63) is 59.2 Å². The van der Waals surface area contributed by atoms with Crippen molar-refractivity contribution in [3.8, 4) is 0 Å². The smallest absolute Gasteiger partial charge is 0.191 e. The molecule has 0 radical (unpaired) electrons. The molecular weight excluding hydrogens is 296 g/mol. The highest BCUT2D eigenvalue weighted by molar-refractivity contribution is 7.98. The Kier molecular flexibility index (Phi) is 4.58. The fourth-order valence-corrected chi connectivity index (χ4v) is 3.17. The highest BCUT2D eigenvalue weighted by Crippen LogP contribution is 2.23. The molecule has 0 aliphatic carbocycles. The monoisotopic (exact) mass is 314 g/mol. The predicted molar refractivity (Wildman–Crippen MR) is 85.7 cm³/mol. The summed E-state index contributed by atoms with van der Waals surface area (Å²) in [6, 6.07) is 12.3. The third-order valence-electron chi connectivity index (χ3n) is 3.34. The van der Waals surface area contributed by atoms with Crippen LogP contribution in [-0.4, -0.2) is 19.9 Å². The van der Waals surface area contributed by atoms with Gasteiger partial charge < -0.3 is 9.09 Å². The molecule has 2 heterocycles. The lowest BCUT2D eigenvalue weighted by Crippen LogP contribution is -2.04. The van der Waals surface area contributed by atoms with Crippen LogP contribution in [0.15, 0.2) is 46.1 Å². The van der Waals surface area contributed by atoms with E-state index in [1.807, 2.05) is 31.2 Å². The second kappa shape index (κ2) is 6.79. The quantitative estimate of drug-likeness (QED) is 0.652. The third-order valence-corrected chi connectivity index (χ3v) is 4.32. The van der Waals surface area contributed by atoms with E-state index >= 15 is 0 Å². The SMILES string of the molecule is CCn1c(Cc2ccccc2)nnc1SCc1cc(C)no1. The molecule has 3 rings (SSSR count). The topological polar surface area (TPSA) is 56.7 Å². The molecule has 0 fully saturated rings. The first-order valence-electron chi connectivity index (χ1n) is 7.27. The molecule has 0 N–H and O–H groups in total. The van der Waals surface area contributed by atoms with Gasteiger partial charge in [-0.25, -0.2) is 0 Å². The van der Waals surface area contributed by atoms with Gasteiger partial charge >= 0.3 is 0 Å². The summed E-state index contributed by atoms with van der Waals surface area (Å²) in [5.41, 5.74) is 2.14. The zero-order valence-electron chi connectivity index (χ0n) is 12.7. The highest BCUT2D eigenvalue weighted by Gasteiger charge is 2.13. The van der Waals surface area contributed by atoms with Gasteiger partial charge in [-0.15, -0.1) is 10.2 Å². The normalized spacial score (nSPS) is 11.0. The summed E-state index contributed by atoms with van der Waals surface area (Å²) in [6.45, 7) is 4.89. The number of aromatic nitrogens is 4. The average molecular weight is 314 g/mol. The minimum atomic E-state index is 0.713. The number of rotatable bonds is 6. The number of aryl methyl sites for hydroxylation is 1. The fraction of sp³-hybridized carbons (Fsp3) is 0.312. The van der Waals surface area contributed by atoms with Crippen LogP contribution in [0.25, 0.3) is 0 Å². The van der Waals surface area contributed by atoms with Gasteiger partial charge in [-0.2, -0.15) is 0 Å². The van der Waals surface area contributed by atoms with E-state index in [-0.39, 0.29) is 0 Å². The van der Waals surface area contributed by atoms with Crippen molar-refractivity contribution >= 4 is 11.8 Å². The van der Waals surface area contributed by atoms with Crippen LogP contribution in [0.4, 0.5) is 0 Å². The van der Waals surface area contributed by atoms with Gasteiger partial charge in [0.25, 0.3) is 0 Å². The summed E-state index contributed by atoms with van der Waals surface area (Å²) in [5, 5.41) is 13.5. The molecule has 1 aromatic carbocycles. The van der Waals surface area contributed by atoms with Crippen molar-refractivity contribution in [1.29, 1.82) is 0 Å². The molecule has 0 saturated carbocycles. The van der Waals surface area contributed by atoms with E-state index in [1.165, 1.54) is 5.56 Å². The van der Waals surface area contributed by atoms with Crippen molar-refractivity contribution in [2.45, 2.75) is 37.7 Å². The molecule has 0 unspecified atom stereocenters. The molecule has 2 aromatic heterocycles. The first kappa shape index (κ1) is 14.8. The minimum Gasteiger partial charge on any atom is -0.360 e. The number of hydrogen-bond donors (Lipinski definition) is 0. The second-order valence-corrected chi connectivity index (χ2v) is 5.97. The molecule has 0 aliphatic rings. The van der Waals surface area contributed by atoms with Gasteiger partial charge in [0.15, 0.2) is 5.16 Å². The first-order valence-corrected chi connectivity index (χ1v) is 8.26. The van der Waals surface area contributed by atoms with E-state index in [0.29, 0.717) is 5.75 Å². The molecule has 0 amide bonds. The summed E-state index contributed by atoms with van der Waals surface area (Å²) in [6.07, 6.45) is 0.795. The third kappa shape index (κ3) is 3.39. The van der Waals surface area contributed by atoms with E-state index in [4.69, 9.17) is 4.52 Å². The van der Waals surface area contributed by atoms with Crippen molar-refractivity contribution in [2.24, 2.45) is 0 Å². The number of thioether (sulfide) groups is 1. The number of hydrogen-bond acceptors (Lipinski definition) is 5. The van der Waals surface area contributed by atoms with Crippen LogP contribution in [0, 0.1) is 6.92 Å². The van der Waals surface area contributed by atoms with E-state index < -0.39 is 0 Å². The molecule has 0 spiro atoms. The Bertz CT molecular complexity index is 736. The zero-order valence-corrected chi connectivity index (χ0v) is 13.5. The van der Waals surface area contributed by atoms with E-state index in [0.717, 1.165) is 35.4 Å². The minimum absolute atomic E-state index is 0.713. The van der Waals surface area contributed by atoms with Gasteiger partial charge in [0.1, 0.15) is 11.6 Å². The van der Waals surface area contributed by atoms with Crippen molar-refractivity contribution < 1.29 is 4.52 Å². The summed E-state index contributed by atoms with van der Waals surface area (Å²) in [7, 11) is 0. The van der Waals surface area contributed by atoms with Crippen LogP contribution in [-0.2, 0) is 18.7 Å². The summed E-state index contributed by atoms with van der Waals surface area (Å²) in [5.74, 6) is 2.56. The summed E-state index contributed by atoms with van der Waals surface area (Å²) < 4.78 is 7.39. The van der Waals surface area contributed by atoms with Crippen LogP contribution < -0.4 is 0 Å². The van der Waals surface area contributed by atoms with Gasteiger partial charge in [-0.3, -0.25) is 0 Å². The lowest BCUT2D eigenvalue weighted by molar-refractivity contribution is 0.391. The van der Waals surface area contributed by atoms with Crippen LogP contribution in [0.1, 0.15) is 29.8 Å². The largest absolute Gasteiger partial charge is 0.360 e. The second-order valence-electron chi connectivity index (χ2n) is 5.03. The van der Waals surface area contributed by atoms with Crippen LogP contribution in [0.3, 0.4) is 0 Å². The van der Waals surface area contributed by atoms with Gasteiger partial charge in [0.05, 0.1) is 11.4 Å². The molecule has 5 nitrogen and oxygen atoms in total. The Morgan fingerprint density at radius 2 is 2.00 bits per heavy atom. The van der Waals surface area contributed by atoms with Crippen molar-refractivity contribution in [1.82, 2.24) is 19.9 Å². The Balaban J connectivity index is 1.72. The summed E-state index contributed by atoms with van der Waals surface area (Å²) >= 11 is 1.63. The number of nitrogens with zero attached hydrogens (tertiary/aromatic N) is 4. The maximum Gasteiger partial charge on any atom is 0.191 e. The lowest BCUT2D eigenvalue weighted by Gasteiger charge is -2.06. The predicted octanol–water partition coefficient (Wildman–Crippen LogP) is 3.48. The standard InChI is InChI=1S/C16H18N4OS/c1-3-20-15(10-13-7-5-4-6-8-13)17-18-16(20)22-11-14-9-12(2)19-21-14/h4-9H,3,10-11H2,1-2H3. The molecule has 0 atom stereocenters. The van der Waals surface area contributed by atoms with Crippen LogP contribution in [0.5, 0.6) is 0 Å². The fourth-order valence-electron chi connectivity index (χ4n) is 2.27. The molecule has 114 valence electrons.